The molecule has 7 nitrogen and oxygen atoms in total. The van der Waals surface area contributed by atoms with Crippen molar-refractivity contribution in [1.82, 2.24) is 10.2 Å². The molecule has 10 heteroatoms. The molecular weight excluding hydrogens is 435 g/mol. The topological polar surface area (TPSA) is 101 Å². The van der Waals surface area contributed by atoms with E-state index in [1.54, 1.807) is 12.1 Å². The zero-order chi connectivity index (χ0) is 21.6. The van der Waals surface area contributed by atoms with Gasteiger partial charge in [-0.25, -0.2) is 12.8 Å². The van der Waals surface area contributed by atoms with Crippen molar-refractivity contribution in [3.63, 3.8) is 0 Å². The summed E-state index contributed by atoms with van der Waals surface area (Å²) in [6, 6.07) is 7.18. The van der Waals surface area contributed by atoms with E-state index in [2.05, 4.69) is 5.32 Å². The number of hydrogen-bond donors (Lipinski definition) is 1. The molecule has 0 spiro atoms. The van der Waals surface area contributed by atoms with E-state index in [0.29, 0.717) is 16.7 Å². The third-order valence-electron chi connectivity index (χ3n) is 5.20. The Morgan fingerprint density at radius 3 is 2.60 bits per heavy atom. The van der Waals surface area contributed by atoms with Gasteiger partial charge in [0.2, 0.25) is 11.8 Å². The summed E-state index contributed by atoms with van der Waals surface area (Å²) in [5.74, 6) is -2.37. The van der Waals surface area contributed by atoms with E-state index in [1.807, 2.05) is 0 Å². The van der Waals surface area contributed by atoms with Gasteiger partial charge < -0.3 is 4.90 Å². The smallest absolute Gasteiger partial charge is 0.255 e. The van der Waals surface area contributed by atoms with E-state index in [-0.39, 0.29) is 41.1 Å². The van der Waals surface area contributed by atoms with Crippen molar-refractivity contribution in [3.8, 4) is 0 Å². The van der Waals surface area contributed by atoms with Crippen molar-refractivity contribution in [2.75, 3.05) is 0 Å². The third kappa shape index (κ3) is 3.70. The van der Waals surface area contributed by atoms with Crippen LogP contribution in [0, 0.1) is 5.82 Å². The Morgan fingerprint density at radius 2 is 1.90 bits per heavy atom. The number of nitrogens with one attached hydrogen (secondary N) is 1. The van der Waals surface area contributed by atoms with E-state index in [1.165, 1.54) is 11.0 Å². The molecule has 2 aromatic carbocycles. The third-order valence-corrected chi connectivity index (χ3v) is 7.17. The first-order chi connectivity index (χ1) is 14.2. The second kappa shape index (κ2) is 7.48. The van der Waals surface area contributed by atoms with E-state index in [4.69, 9.17) is 11.6 Å². The summed E-state index contributed by atoms with van der Waals surface area (Å²) in [6.07, 6.45) is 0.400. The van der Waals surface area contributed by atoms with E-state index in [9.17, 15) is 27.2 Å². The summed E-state index contributed by atoms with van der Waals surface area (Å²) in [7, 11) is -3.81. The Kier molecular flexibility index (Phi) is 5.11. The molecule has 30 heavy (non-hydrogen) atoms. The molecule has 0 radical (unpaired) electrons. The number of carbonyl (C=O) groups is 3. The number of amides is 3. The summed E-state index contributed by atoms with van der Waals surface area (Å²) in [5, 5.41) is 1.94. The van der Waals surface area contributed by atoms with Crippen LogP contribution in [0.2, 0.25) is 5.02 Å². The number of fused-ring (bicyclic) bond motifs is 1. The zero-order valence-electron chi connectivity index (χ0n) is 15.5. The minimum Gasteiger partial charge on any atom is -0.322 e. The average Bonchev–Trinajstić information content (AvgIpc) is 3.00. The fourth-order valence-electron chi connectivity index (χ4n) is 3.66. The fraction of sp³-hybridized carbons (Fsp3) is 0.250. The summed E-state index contributed by atoms with van der Waals surface area (Å²) in [4.78, 5) is 37.6. The molecule has 1 atom stereocenters. The maximum atomic E-state index is 13.3. The SMILES string of the molecule is O=C1CCC(N2Cc3ccc(CS(=O)(=O)c4ccc(F)c(Cl)c4)cc3C2=O)C(=O)N1. The van der Waals surface area contributed by atoms with Crippen LogP contribution in [0.15, 0.2) is 41.3 Å². The van der Waals surface area contributed by atoms with Crippen molar-refractivity contribution in [2.24, 2.45) is 0 Å². The Bertz CT molecular complexity index is 1200. The first-order valence-electron chi connectivity index (χ1n) is 9.10. The normalized spacial score (nSPS) is 19.1. The minimum absolute atomic E-state index is 0.120. The molecule has 0 bridgehead atoms. The van der Waals surface area contributed by atoms with Gasteiger partial charge in [0.1, 0.15) is 11.9 Å². The standard InChI is InChI=1S/C20H16ClFN2O5S/c21-15-8-13(3-4-16(15)22)30(28,29)10-11-1-2-12-9-24(20(27)14(12)7-11)17-5-6-18(25)23-19(17)26/h1-4,7-8,17H,5-6,9-10H2,(H,23,25,26). The van der Waals surface area contributed by atoms with Gasteiger partial charge in [-0.3, -0.25) is 19.7 Å². The van der Waals surface area contributed by atoms with Crippen LogP contribution < -0.4 is 5.32 Å². The van der Waals surface area contributed by atoms with E-state index < -0.39 is 33.4 Å². The van der Waals surface area contributed by atoms with Crippen molar-refractivity contribution >= 4 is 39.2 Å². The highest BCUT2D eigenvalue weighted by Crippen LogP contribution is 2.29. The van der Waals surface area contributed by atoms with Gasteiger partial charge in [0.05, 0.1) is 15.7 Å². The van der Waals surface area contributed by atoms with Gasteiger partial charge in [-0.05, 0) is 41.8 Å². The van der Waals surface area contributed by atoms with Crippen LogP contribution in [0.3, 0.4) is 0 Å². The zero-order valence-corrected chi connectivity index (χ0v) is 17.1. The first-order valence-corrected chi connectivity index (χ1v) is 11.1. The Morgan fingerprint density at radius 1 is 1.13 bits per heavy atom. The highest BCUT2D eigenvalue weighted by Gasteiger charge is 2.39. The molecule has 1 unspecified atom stereocenters. The lowest BCUT2D eigenvalue weighted by atomic mass is 10.0. The Hall–Kier alpha value is -2.78. The number of benzene rings is 2. The predicted octanol–water partition coefficient (Wildman–Crippen LogP) is 2.21. The van der Waals surface area contributed by atoms with Gasteiger partial charge in [0, 0.05) is 18.5 Å². The maximum Gasteiger partial charge on any atom is 0.255 e. The van der Waals surface area contributed by atoms with Crippen LogP contribution >= 0.6 is 11.6 Å². The number of carbonyl (C=O) groups excluding carboxylic acids is 3. The number of sulfone groups is 1. The lowest BCUT2D eigenvalue weighted by Gasteiger charge is -2.29. The summed E-state index contributed by atoms with van der Waals surface area (Å²) in [6.45, 7) is 0.209. The average molecular weight is 451 g/mol. The van der Waals surface area contributed by atoms with Crippen molar-refractivity contribution in [3.05, 3.63) is 63.9 Å². The number of halogens is 2. The molecule has 1 N–H and O–H groups in total. The monoisotopic (exact) mass is 450 g/mol. The highest BCUT2D eigenvalue weighted by atomic mass is 35.5. The largest absolute Gasteiger partial charge is 0.322 e. The van der Waals surface area contributed by atoms with Crippen molar-refractivity contribution < 1.29 is 27.2 Å². The van der Waals surface area contributed by atoms with Gasteiger partial charge in [0.25, 0.3) is 5.91 Å². The second-order valence-electron chi connectivity index (χ2n) is 7.23. The quantitative estimate of drug-likeness (QED) is 0.568. The molecule has 2 aliphatic heterocycles. The molecule has 2 heterocycles. The van der Waals surface area contributed by atoms with Crippen LogP contribution in [-0.4, -0.2) is 37.1 Å². The Balaban J connectivity index is 1.57. The molecule has 1 fully saturated rings. The lowest BCUT2D eigenvalue weighted by Crippen LogP contribution is -2.52. The van der Waals surface area contributed by atoms with Gasteiger partial charge in [0.15, 0.2) is 9.84 Å². The summed E-state index contributed by atoms with van der Waals surface area (Å²) in [5.41, 5.74) is 1.38. The fourth-order valence-corrected chi connectivity index (χ4v) is 5.27. The van der Waals surface area contributed by atoms with Gasteiger partial charge in [-0.1, -0.05) is 23.7 Å². The van der Waals surface area contributed by atoms with Gasteiger partial charge in [-0.2, -0.15) is 0 Å². The molecule has 3 amide bonds. The molecule has 2 aliphatic rings. The van der Waals surface area contributed by atoms with Crippen molar-refractivity contribution in [1.29, 1.82) is 0 Å². The van der Waals surface area contributed by atoms with Crippen LogP contribution in [0.1, 0.15) is 34.3 Å². The van der Waals surface area contributed by atoms with Crippen molar-refractivity contribution in [2.45, 2.75) is 36.1 Å². The number of hydrogen-bond acceptors (Lipinski definition) is 5. The Labute approximate surface area is 176 Å². The molecule has 0 aromatic heterocycles. The van der Waals surface area contributed by atoms with Gasteiger partial charge >= 0.3 is 0 Å². The van der Waals surface area contributed by atoms with Crippen LogP contribution in [0.4, 0.5) is 4.39 Å². The summed E-state index contributed by atoms with van der Waals surface area (Å²) >= 11 is 5.69. The van der Waals surface area contributed by atoms with E-state index in [0.717, 1.165) is 18.2 Å². The van der Waals surface area contributed by atoms with Gasteiger partial charge in [-0.15, -0.1) is 0 Å². The molecule has 2 aromatic rings. The number of imide groups is 1. The second-order valence-corrected chi connectivity index (χ2v) is 9.62. The maximum absolute atomic E-state index is 13.3. The molecule has 0 saturated carbocycles. The molecule has 0 aliphatic carbocycles. The first kappa shape index (κ1) is 20.5. The number of piperidine rings is 1. The van der Waals surface area contributed by atoms with Crippen LogP contribution in [0.25, 0.3) is 0 Å². The predicted molar refractivity (Wildman–Crippen MR) is 105 cm³/mol. The molecule has 4 rings (SSSR count). The number of nitrogens with zero attached hydrogens (tertiary/aromatic N) is 1. The van der Waals surface area contributed by atoms with Crippen LogP contribution in [0.5, 0.6) is 0 Å². The highest BCUT2D eigenvalue weighted by molar-refractivity contribution is 7.90. The molecular formula is C20H16ClFN2O5S. The lowest BCUT2D eigenvalue weighted by molar-refractivity contribution is -0.136. The summed E-state index contributed by atoms with van der Waals surface area (Å²) < 4.78 is 38.7. The van der Waals surface area contributed by atoms with Crippen LogP contribution in [-0.2, 0) is 31.7 Å². The number of rotatable bonds is 4. The minimum atomic E-state index is -3.81. The van der Waals surface area contributed by atoms with E-state index >= 15 is 0 Å². The molecule has 156 valence electrons. The molecule has 1 saturated heterocycles.